The summed E-state index contributed by atoms with van der Waals surface area (Å²) in [6.07, 6.45) is 0. The van der Waals surface area contributed by atoms with Gasteiger partial charge in [-0.15, -0.1) is 0 Å². The van der Waals surface area contributed by atoms with Crippen molar-refractivity contribution in [3.8, 4) is 5.75 Å². The average Bonchev–Trinajstić information content (AvgIpc) is 3.16. The Hall–Kier alpha value is -3.84. The zero-order valence-electron chi connectivity index (χ0n) is 19.1. The number of carbonyl (C=O) groups excluding carboxylic acids is 2. The van der Waals surface area contributed by atoms with Crippen molar-refractivity contribution in [2.45, 2.75) is 26.8 Å². The first-order valence-electron chi connectivity index (χ1n) is 10.8. The van der Waals surface area contributed by atoms with Gasteiger partial charge in [0.1, 0.15) is 11.8 Å². The molecule has 0 aliphatic heterocycles. The molecule has 0 bridgehead atoms. The average molecular weight is 477 g/mol. The molecule has 4 rings (SSSR count). The lowest BCUT2D eigenvalue weighted by Gasteiger charge is -2.16. The van der Waals surface area contributed by atoms with Gasteiger partial charge in [-0.05, 0) is 67.9 Å². The molecule has 1 aromatic heterocycles. The van der Waals surface area contributed by atoms with Gasteiger partial charge in [0.25, 0.3) is 5.91 Å². The van der Waals surface area contributed by atoms with E-state index in [1.54, 1.807) is 29.8 Å². The van der Waals surface area contributed by atoms with Crippen molar-refractivity contribution in [2.24, 2.45) is 0 Å². The number of amides is 2. The summed E-state index contributed by atoms with van der Waals surface area (Å²) in [6, 6.07) is 19.9. The van der Waals surface area contributed by atoms with Crippen LogP contribution in [0.15, 0.2) is 66.7 Å². The van der Waals surface area contributed by atoms with Crippen molar-refractivity contribution in [3.05, 3.63) is 83.1 Å². The van der Waals surface area contributed by atoms with Crippen LogP contribution in [0.25, 0.3) is 10.8 Å². The fourth-order valence-electron chi connectivity index (χ4n) is 3.68. The number of nitrogens with one attached hydrogen (secondary N) is 2. The molecule has 0 fully saturated rings. The molecule has 0 saturated carbocycles. The van der Waals surface area contributed by atoms with Crippen LogP contribution in [0.2, 0.25) is 5.02 Å². The number of hydrogen-bond acceptors (Lipinski definition) is 4. The van der Waals surface area contributed by atoms with Crippen LogP contribution in [-0.2, 0) is 9.59 Å². The predicted molar refractivity (Wildman–Crippen MR) is 135 cm³/mol. The van der Waals surface area contributed by atoms with Crippen LogP contribution >= 0.6 is 11.6 Å². The first-order valence-corrected chi connectivity index (χ1v) is 11.2. The van der Waals surface area contributed by atoms with Gasteiger partial charge in [-0.2, -0.15) is 5.10 Å². The normalized spacial score (nSPS) is 11.8. The van der Waals surface area contributed by atoms with Gasteiger partial charge in [0.15, 0.2) is 6.61 Å². The number of fused-ring (bicyclic) bond motifs is 1. The molecule has 0 saturated heterocycles. The Bertz CT molecular complexity index is 1370. The number of aromatic nitrogens is 2. The van der Waals surface area contributed by atoms with E-state index in [1.807, 2.05) is 62.4 Å². The summed E-state index contributed by atoms with van der Waals surface area (Å²) in [5.41, 5.74) is 2.70. The second kappa shape index (κ2) is 9.97. The van der Waals surface area contributed by atoms with Gasteiger partial charge in [-0.25, -0.2) is 0 Å². The van der Waals surface area contributed by atoms with E-state index in [1.165, 1.54) is 0 Å². The lowest BCUT2D eigenvalue weighted by atomic mass is 10.1. The fraction of sp³-hybridized carbons (Fsp3) is 0.192. The van der Waals surface area contributed by atoms with Crippen molar-refractivity contribution in [1.82, 2.24) is 9.78 Å². The van der Waals surface area contributed by atoms with Crippen molar-refractivity contribution in [2.75, 3.05) is 17.2 Å². The van der Waals surface area contributed by atoms with Gasteiger partial charge >= 0.3 is 0 Å². The van der Waals surface area contributed by atoms with E-state index < -0.39 is 6.04 Å². The first-order chi connectivity index (χ1) is 16.3. The molecule has 1 atom stereocenters. The van der Waals surface area contributed by atoms with E-state index in [4.69, 9.17) is 16.3 Å². The van der Waals surface area contributed by atoms with E-state index in [0.29, 0.717) is 22.1 Å². The lowest BCUT2D eigenvalue weighted by molar-refractivity contribution is -0.119. The minimum atomic E-state index is -0.503. The number of hydrogen-bond donors (Lipinski definition) is 2. The third-order valence-corrected chi connectivity index (χ3v) is 5.71. The summed E-state index contributed by atoms with van der Waals surface area (Å²) < 4.78 is 7.29. The molecule has 4 aromatic rings. The maximum Gasteiger partial charge on any atom is 0.262 e. The molecule has 34 heavy (non-hydrogen) atoms. The first kappa shape index (κ1) is 23.3. The Morgan fingerprint density at radius 3 is 2.47 bits per heavy atom. The van der Waals surface area contributed by atoms with Gasteiger partial charge < -0.3 is 15.4 Å². The zero-order chi connectivity index (χ0) is 24.2. The lowest BCUT2D eigenvalue weighted by Crippen LogP contribution is -2.25. The molecule has 174 valence electrons. The second-order valence-corrected chi connectivity index (χ2v) is 8.48. The van der Waals surface area contributed by atoms with E-state index in [9.17, 15) is 9.59 Å². The van der Waals surface area contributed by atoms with Gasteiger partial charge in [0.2, 0.25) is 5.91 Å². The number of nitrogens with zero attached hydrogens (tertiary/aromatic N) is 2. The van der Waals surface area contributed by atoms with Crippen LogP contribution < -0.4 is 15.4 Å². The highest BCUT2D eigenvalue weighted by atomic mass is 35.5. The van der Waals surface area contributed by atoms with E-state index in [-0.39, 0.29) is 18.4 Å². The van der Waals surface area contributed by atoms with Crippen LogP contribution in [-0.4, -0.2) is 28.2 Å². The quantitative estimate of drug-likeness (QED) is 0.367. The van der Waals surface area contributed by atoms with Crippen molar-refractivity contribution in [3.63, 3.8) is 0 Å². The Balaban J connectivity index is 1.34. The Labute approximate surface area is 202 Å². The van der Waals surface area contributed by atoms with Crippen LogP contribution in [0.1, 0.15) is 24.4 Å². The highest BCUT2D eigenvalue weighted by Gasteiger charge is 2.19. The fourth-order valence-corrected chi connectivity index (χ4v) is 3.91. The molecule has 0 radical (unpaired) electrons. The summed E-state index contributed by atoms with van der Waals surface area (Å²) in [5.74, 6) is 0.0505. The SMILES string of the molecule is Cc1cc(C)n(C(C)C(=O)Nc2ccc(NC(=O)COc3ccc4ccccc4c3)cc2Cl)n1. The van der Waals surface area contributed by atoms with E-state index in [2.05, 4.69) is 15.7 Å². The van der Waals surface area contributed by atoms with E-state index >= 15 is 0 Å². The highest BCUT2D eigenvalue weighted by Crippen LogP contribution is 2.27. The minimum absolute atomic E-state index is 0.144. The topological polar surface area (TPSA) is 85.2 Å². The molecule has 3 aromatic carbocycles. The standard InChI is InChI=1S/C26H25ClN4O3/c1-16-12-17(2)31(30-16)18(3)26(33)29-24-11-9-21(14-23(24)27)28-25(32)15-34-22-10-8-19-6-4-5-7-20(19)13-22/h4-14,18H,15H2,1-3H3,(H,28,32)(H,29,33). The third kappa shape index (κ3) is 5.38. The van der Waals surface area contributed by atoms with Crippen molar-refractivity contribution in [1.29, 1.82) is 0 Å². The van der Waals surface area contributed by atoms with Crippen LogP contribution in [0, 0.1) is 13.8 Å². The van der Waals surface area contributed by atoms with E-state index in [0.717, 1.165) is 22.2 Å². The number of aryl methyl sites for hydroxylation is 2. The van der Waals surface area contributed by atoms with Gasteiger partial charge in [0, 0.05) is 11.4 Å². The third-order valence-electron chi connectivity index (χ3n) is 5.39. The summed E-state index contributed by atoms with van der Waals surface area (Å²) >= 11 is 6.35. The molecule has 2 amide bonds. The number of ether oxygens (including phenoxy) is 1. The smallest absolute Gasteiger partial charge is 0.262 e. The van der Waals surface area contributed by atoms with Crippen LogP contribution in [0.3, 0.4) is 0 Å². The summed E-state index contributed by atoms with van der Waals surface area (Å²) in [5, 5.41) is 12.4. The molecule has 2 N–H and O–H groups in total. The zero-order valence-corrected chi connectivity index (χ0v) is 19.9. The molecular formula is C26H25ClN4O3. The maximum atomic E-state index is 12.7. The molecule has 0 spiro atoms. The Morgan fingerprint density at radius 1 is 1.00 bits per heavy atom. The van der Waals surface area contributed by atoms with Crippen molar-refractivity contribution < 1.29 is 14.3 Å². The molecule has 8 heteroatoms. The summed E-state index contributed by atoms with van der Waals surface area (Å²) in [7, 11) is 0. The number of carbonyl (C=O) groups is 2. The van der Waals surface area contributed by atoms with Gasteiger partial charge in [-0.3, -0.25) is 14.3 Å². The number of halogens is 1. The van der Waals surface area contributed by atoms with Crippen LogP contribution in [0.5, 0.6) is 5.75 Å². The number of anilines is 2. The van der Waals surface area contributed by atoms with Crippen LogP contribution in [0.4, 0.5) is 11.4 Å². The Kier molecular flexibility index (Phi) is 6.84. The number of benzene rings is 3. The monoisotopic (exact) mass is 476 g/mol. The predicted octanol–water partition coefficient (Wildman–Crippen LogP) is 5.52. The molecule has 7 nitrogen and oxygen atoms in total. The number of rotatable bonds is 7. The van der Waals surface area contributed by atoms with Gasteiger partial charge in [-0.1, -0.05) is 41.9 Å². The van der Waals surface area contributed by atoms with Crippen molar-refractivity contribution >= 4 is 45.6 Å². The maximum absolute atomic E-state index is 12.7. The molecule has 1 unspecified atom stereocenters. The second-order valence-electron chi connectivity index (χ2n) is 8.08. The molecule has 1 heterocycles. The molecular weight excluding hydrogens is 452 g/mol. The highest BCUT2D eigenvalue weighted by molar-refractivity contribution is 6.34. The minimum Gasteiger partial charge on any atom is -0.484 e. The molecule has 0 aliphatic carbocycles. The largest absolute Gasteiger partial charge is 0.484 e. The Morgan fingerprint density at radius 2 is 1.76 bits per heavy atom. The molecule has 0 aliphatic rings. The summed E-state index contributed by atoms with van der Waals surface area (Å²) in [4.78, 5) is 25.0. The summed E-state index contributed by atoms with van der Waals surface area (Å²) in [6.45, 7) is 5.41. The van der Waals surface area contributed by atoms with Gasteiger partial charge in [0.05, 0.1) is 16.4 Å².